The number of anilines is 1. The van der Waals surface area contributed by atoms with E-state index in [9.17, 15) is 9.59 Å². The molecule has 1 saturated heterocycles. The standard InChI is InChI=1S/C19H20N2O2/c22-18(20-16-11-5-2-6-12-16)19(23)21-14-8-7-13-17(21)15-9-3-1-4-10-15/h1-6,9-12,17H,7-8,13-14H2,(H,20,22)/t17-/m0/s1. The summed E-state index contributed by atoms with van der Waals surface area (Å²) in [5.74, 6) is -1.03. The second kappa shape index (κ2) is 7.09. The number of carbonyl (C=O) groups is 2. The first-order valence-electron chi connectivity index (χ1n) is 7.97. The highest BCUT2D eigenvalue weighted by atomic mass is 16.2. The molecular formula is C19H20N2O2. The van der Waals surface area contributed by atoms with Crippen LogP contribution in [-0.4, -0.2) is 23.3 Å². The lowest BCUT2D eigenvalue weighted by Crippen LogP contribution is -2.44. The molecule has 2 amide bonds. The lowest BCUT2D eigenvalue weighted by molar-refractivity contribution is -0.145. The van der Waals surface area contributed by atoms with Crippen molar-refractivity contribution in [2.24, 2.45) is 0 Å². The smallest absolute Gasteiger partial charge is 0.313 e. The molecule has 118 valence electrons. The van der Waals surface area contributed by atoms with Crippen LogP contribution in [0.5, 0.6) is 0 Å². The van der Waals surface area contributed by atoms with E-state index in [1.165, 1.54) is 0 Å². The molecule has 1 heterocycles. The van der Waals surface area contributed by atoms with Gasteiger partial charge < -0.3 is 10.2 Å². The number of nitrogens with one attached hydrogen (secondary N) is 1. The zero-order valence-electron chi connectivity index (χ0n) is 12.9. The number of rotatable bonds is 2. The number of carbonyl (C=O) groups excluding carboxylic acids is 2. The summed E-state index contributed by atoms with van der Waals surface area (Å²) in [6.45, 7) is 0.626. The highest BCUT2D eigenvalue weighted by Gasteiger charge is 2.31. The first kappa shape index (κ1) is 15.3. The van der Waals surface area contributed by atoms with Crippen LogP contribution in [0.4, 0.5) is 5.69 Å². The van der Waals surface area contributed by atoms with Crippen molar-refractivity contribution in [1.82, 2.24) is 4.90 Å². The molecule has 0 radical (unpaired) electrons. The number of hydrogen-bond acceptors (Lipinski definition) is 2. The summed E-state index contributed by atoms with van der Waals surface area (Å²) in [5, 5.41) is 2.68. The van der Waals surface area contributed by atoms with Gasteiger partial charge in [0.25, 0.3) is 0 Å². The van der Waals surface area contributed by atoms with Gasteiger partial charge in [-0.05, 0) is 37.0 Å². The molecule has 2 aromatic rings. The van der Waals surface area contributed by atoms with Crippen LogP contribution >= 0.6 is 0 Å². The average molecular weight is 308 g/mol. The lowest BCUT2D eigenvalue weighted by atomic mass is 9.95. The number of hydrogen-bond donors (Lipinski definition) is 1. The summed E-state index contributed by atoms with van der Waals surface area (Å²) in [5.41, 5.74) is 1.73. The number of benzene rings is 2. The molecule has 4 nitrogen and oxygen atoms in total. The lowest BCUT2D eigenvalue weighted by Gasteiger charge is -2.35. The molecular weight excluding hydrogens is 288 g/mol. The van der Waals surface area contributed by atoms with E-state index in [1.54, 1.807) is 17.0 Å². The molecule has 0 saturated carbocycles. The van der Waals surface area contributed by atoms with Gasteiger partial charge in [-0.25, -0.2) is 0 Å². The number of likely N-dealkylation sites (tertiary alicyclic amines) is 1. The number of amides is 2. The van der Waals surface area contributed by atoms with E-state index in [4.69, 9.17) is 0 Å². The van der Waals surface area contributed by atoms with Crippen LogP contribution < -0.4 is 5.32 Å². The van der Waals surface area contributed by atoms with Crippen LogP contribution in [0.15, 0.2) is 60.7 Å². The molecule has 0 aromatic heterocycles. The summed E-state index contributed by atoms with van der Waals surface area (Å²) in [4.78, 5) is 26.6. The predicted octanol–water partition coefficient (Wildman–Crippen LogP) is 3.38. The van der Waals surface area contributed by atoms with Gasteiger partial charge >= 0.3 is 11.8 Å². The van der Waals surface area contributed by atoms with Crippen molar-refractivity contribution in [2.75, 3.05) is 11.9 Å². The average Bonchev–Trinajstić information content (AvgIpc) is 2.62. The molecule has 23 heavy (non-hydrogen) atoms. The summed E-state index contributed by atoms with van der Waals surface area (Å²) < 4.78 is 0. The van der Waals surface area contributed by atoms with Crippen LogP contribution in [0.3, 0.4) is 0 Å². The van der Waals surface area contributed by atoms with Gasteiger partial charge in [-0.3, -0.25) is 9.59 Å². The maximum atomic E-state index is 12.6. The third-order valence-electron chi connectivity index (χ3n) is 4.17. The van der Waals surface area contributed by atoms with Crippen molar-refractivity contribution < 1.29 is 9.59 Å². The Morgan fingerprint density at radius 2 is 1.57 bits per heavy atom. The Hall–Kier alpha value is -2.62. The maximum absolute atomic E-state index is 12.6. The molecule has 3 rings (SSSR count). The zero-order chi connectivity index (χ0) is 16.1. The number of para-hydroxylation sites is 1. The predicted molar refractivity (Wildman–Crippen MR) is 89.8 cm³/mol. The van der Waals surface area contributed by atoms with Gasteiger partial charge in [0.15, 0.2) is 0 Å². The van der Waals surface area contributed by atoms with E-state index in [0.29, 0.717) is 12.2 Å². The Morgan fingerprint density at radius 1 is 0.913 bits per heavy atom. The molecule has 4 heteroatoms. The summed E-state index contributed by atoms with van der Waals surface area (Å²) in [7, 11) is 0. The highest BCUT2D eigenvalue weighted by Crippen LogP contribution is 2.30. The van der Waals surface area contributed by atoms with Gasteiger partial charge in [0.05, 0.1) is 6.04 Å². The Morgan fingerprint density at radius 3 is 2.26 bits per heavy atom. The normalized spacial score (nSPS) is 17.6. The van der Waals surface area contributed by atoms with E-state index in [-0.39, 0.29) is 6.04 Å². The highest BCUT2D eigenvalue weighted by molar-refractivity contribution is 6.39. The van der Waals surface area contributed by atoms with Crippen LogP contribution in [-0.2, 0) is 9.59 Å². The van der Waals surface area contributed by atoms with E-state index in [2.05, 4.69) is 5.32 Å². The molecule has 1 atom stereocenters. The molecule has 1 N–H and O–H groups in total. The van der Waals surface area contributed by atoms with E-state index in [0.717, 1.165) is 24.8 Å². The largest absolute Gasteiger partial charge is 0.327 e. The molecule has 0 bridgehead atoms. The van der Waals surface area contributed by atoms with E-state index >= 15 is 0 Å². The Kier molecular flexibility index (Phi) is 4.71. The molecule has 1 aliphatic heterocycles. The maximum Gasteiger partial charge on any atom is 0.313 e. The zero-order valence-corrected chi connectivity index (χ0v) is 12.9. The topological polar surface area (TPSA) is 49.4 Å². The monoisotopic (exact) mass is 308 g/mol. The van der Waals surface area contributed by atoms with Crippen molar-refractivity contribution in [1.29, 1.82) is 0 Å². The first-order chi connectivity index (χ1) is 11.3. The third kappa shape index (κ3) is 3.59. The van der Waals surface area contributed by atoms with Crippen molar-refractivity contribution >= 4 is 17.5 Å². The molecule has 0 aliphatic carbocycles. The Bertz CT molecular complexity index is 670. The van der Waals surface area contributed by atoms with E-state index in [1.807, 2.05) is 48.5 Å². The van der Waals surface area contributed by atoms with Gasteiger partial charge in [-0.1, -0.05) is 48.5 Å². The SMILES string of the molecule is O=C(Nc1ccccc1)C(=O)N1CCCC[C@H]1c1ccccc1. The van der Waals surface area contributed by atoms with Crippen molar-refractivity contribution in [3.8, 4) is 0 Å². The van der Waals surface area contributed by atoms with Crippen molar-refractivity contribution in [3.63, 3.8) is 0 Å². The van der Waals surface area contributed by atoms with E-state index < -0.39 is 11.8 Å². The van der Waals surface area contributed by atoms with Crippen LogP contribution in [0.2, 0.25) is 0 Å². The molecule has 1 fully saturated rings. The van der Waals surface area contributed by atoms with Crippen LogP contribution in [0, 0.1) is 0 Å². The third-order valence-corrected chi connectivity index (χ3v) is 4.17. The van der Waals surface area contributed by atoms with Gasteiger partial charge in [0, 0.05) is 12.2 Å². The Labute approximate surface area is 136 Å². The number of piperidine rings is 1. The second-order valence-corrected chi connectivity index (χ2v) is 5.74. The molecule has 2 aromatic carbocycles. The quantitative estimate of drug-likeness (QED) is 0.865. The van der Waals surface area contributed by atoms with Gasteiger partial charge in [0.1, 0.15) is 0 Å². The minimum atomic E-state index is -0.570. The minimum Gasteiger partial charge on any atom is -0.327 e. The fourth-order valence-electron chi connectivity index (χ4n) is 3.03. The van der Waals surface area contributed by atoms with Crippen LogP contribution in [0.1, 0.15) is 30.9 Å². The van der Waals surface area contributed by atoms with Crippen molar-refractivity contribution in [2.45, 2.75) is 25.3 Å². The second-order valence-electron chi connectivity index (χ2n) is 5.74. The fourth-order valence-corrected chi connectivity index (χ4v) is 3.03. The van der Waals surface area contributed by atoms with Crippen molar-refractivity contribution in [3.05, 3.63) is 66.2 Å². The molecule has 0 spiro atoms. The van der Waals surface area contributed by atoms with Gasteiger partial charge in [-0.15, -0.1) is 0 Å². The molecule has 0 unspecified atom stereocenters. The number of nitrogens with zero attached hydrogens (tertiary/aromatic N) is 1. The Balaban J connectivity index is 1.75. The minimum absolute atomic E-state index is 0.0148. The summed E-state index contributed by atoms with van der Waals surface area (Å²) in [6.07, 6.45) is 2.91. The summed E-state index contributed by atoms with van der Waals surface area (Å²) >= 11 is 0. The summed E-state index contributed by atoms with van der Waals surface area (Å²) in [6, 6.07) is 19.0. The van der Waals surface area contributed by atoms with Gasteiger partial charge in [0.2, 0.25) is 0 Å². The van der Waals surface area contributed by atoms with Gasteiger partial charge in [-0.2, -0.15) is 0 Å². The first-order valence-corrected chi connectivity index (χ1v) is 7.97. The fraction of sp³-hybridized carbons (Fsp3) is 0.263. The van der Waals surface area contributed by atoms with Crippen LogP contribution in [0.25, 0.3) is 0 Å². The molecule has 1 aliphatic rings.